The molecule has 2 aromatic rings. The molecule has 1 saturated heterocycles. The lowest BCUT2D eigenvalue weighted by molar-refractivity contribution is -0.118. The molecule has 0 atom stereocenters. The maximum absolute atomic E-state index is 12.9. The van der Waals surface area contributed by atoms with E-state index in [2.05, 4.69) is 5.32 Å². The highest BCUT2D eigenvalue weighted by molar-refractivity contribution is 7.89. The van der Waals surface area contributed by atoms with E-state index in [1.165, 1.54) is 22.5 Å². The van der Waals surface area contributed by atoms with E-state index in [0.717, 1.165) is 0 Å². The summed E-state index contributed by atoms with van der Waals surface area (Å²) in [4.78, 5) is 12.1. The fourth-order valence-corrected chi connectivity index (χ4v) is 4.63. The molecule has 0 bridgehead atoms. The topological polar surface area (TPSA) is 84.9 Å². The van der Waals surface area contributed by atoms with Crippen LogP contribution in [-0.4, -0.2) is 51.5 Å². The van der Waals surface area contributed by atoms with Gasteiger partial charge in [-0.15, -0.1) is 0 Å². The van der Waals surface area contributed by atoms with Crippen LogP contribution in [0.4, 0.5) is 5.69 Å². The van der Waals surface area contributed by atoms with Crippen molar-refractivity contribution in [2.75, 3.05) is 38.2 Å². The van der Waals surface area contributed by atoms with E-state index >= 15 is 0 Å². The zero-order chi connectivity index (χ0) is 20.1. The molecule has 1 aliphatic rings. The fraction of sp³-hybridized carbons (Fsp3) is 0.278. The number of ether oxygens (including phenoxy) is 2. The van der Waals surface area contributed by atoms with Crippen molar-refractivity contribution in [1.82, 2.24) is 4.31 Å². The number of anilines is 1. The first-order valence-corrected chi connectivity index (χ1v) is 10.6. The summed E-state index contributed by atoms with van der Waals surface area (Å²) in [6.45, 7) is 0.739. The average Bonchev–Trinajstić information content (AvgIpc) is 2.67. The standard InChI is InChI=1S/C18H18Cl2N2O5S/c19-13-2-1-3-15(10-13)21-18(23)12-27-16-5-4-14(20)11-17(16)28(24,25)22-6-8-26-9-7-22/h1-5,10-11H,6-9,12H2,(H,21,23). The Hall–Kier alpha value is -1.84. The second kappa shape index (κ2) is 9.11. The van der Waals surface area contributed by atoms with Crippen LogP contribution < -0.4 is 10.1 Å². The molecule has 28 heavy (non-hydrogen) atoms. The Labute approximate surface area is 173 Å². The molecule has 1 N–H and O–H groups in total. The highest BCUT2D eigenvalue weighted by Gasteiger charge is 2.29. The van der Waals surface area contributed by atoms with Gasteiger partial charge in [0, 0.05) is 28.8 Å². The van der Waals surface area contributed by atoms with Crippen molar-refractivity contribution < 1.29 is 22.7 Å². The SMILES string of the molecule is O=C(COc1ccc(Cl)cc1S(=O)(=O)N1CCOCC1)Nc1cccc(Cl)c1. The van der Waals surface area contributed by atoms with Crippen molar-refractivity contribution in [2.24, 2.45) is 0 Å². The molecular formula is C18H18Cl2N2O5S. The highest BCUT2D eigenvalue weighted by atomic mass is 35.5. The quantitative estimate of drug-likeness (QED) is 0.739. The van der Waals surface area contributed by atoms with E-state index in [4.69, 9.17) is 32.7 Å². The van der Waals surface area contributed by atoms with Crippen LogP contribution >= 0.6 is 23.2 Å². The van der Waals surface area contributed by atoms with Crippen molar-refractivity contribution in [3.8, 4) is 5.75 Å². The first-order valence-electron chi connectivity index (χ1n) is 8.42. The molecule has 0 aliphatic carbocycles. The normalized spacial score (nSPS) is 15.2. The van der Waals surface area contributed by atoms with Crippen LogP contribution in [0.15, 0.2) is 47.4 Å². The maximum Gasteiger partial charge on any atom is 0.262 e. The van der Waals surface area contributed by atoms with Gasteiger partial charge in [-0.05, 0) is 36.4 Å². The molecule has 0 aromatic heterocycles. The predicted molar refractivity (Wildman–Crippen MR) is 107 cm³/mol. The van der Waals surface area contributed by atoms with E-state index in [0.29, 0.717) is 23.9 Å². The van der Waals surface area contributed by atoms with Gasteiger partial charge < -0.3 is 14.8 Å². The molecule has 0 radical (unpaired) electrons. The molecule has 1 fully saturated rings. The molecule has 150 valence electrons. The summed E-state index contributed by atoms with van der Waals surface area (Å²) >= 11 is 11.9. The number of hydrogen-bond acceptors (Lipinski definition) is 5. The lowest BCUT2D eigenvalue weighted by Crippen LogP contribution is -2.40. The number of hydrogen-bond donors (Lipinski definition) is 1. The molecule has 1 amide bonds. The number of morpholine rings is 1. The fourth-order valence-electron chi connectivity index (χ4n) is 2.64. The Bertz CT molecular complexity index is 962. The van der Waals surface area contributed by atoms with E-state index in [1.807, 2.05) is 0 Å². The van der Waals surface area contributed by atoms with Crippen LogP contribution in [0.2, 0.25) is 10.0 Å². The van der Waals surface area contributed by atoms with Crippen molar-refractivity contribution in [3.63, 3.8) is 0 Å². The molecule has 1 aliphatic heterocycles. The van der Waals surface area contributed by atoms with Crippen LogP contribution in [0.3, 0.4) is 0 Å². The summed E-state index contributed by atoms with van der Waals surface area (Å²) in [6, 6.07) is 10.9. The Kier molecular flexibility index (Phi) is 6.79. The number of carbonyl (C=O) groups excluding carboxylic acids is 1. The van der Waals surface area contributed by atoms with Crippen molar-refractivity contribution in [2.45, 2.75) is 4.90 Å². The molecule has 3 rings (SSSR count). The minimum atomic E-state index is -3.83. The van der Waals surface area contributed by atoms with E-state index in [1.54, 1.807) is 24.3 Å². The summed E-state index contributed by atoms with van der Waals surface area (Å²) in [5, 5.41) is 3.37. The monoisotopic (exact) mass is 444 g/mol. The third kappa shape index (κ3) is 5.15. The van der Waals surface area contributed by atoms with Crippen LogP contribution in [0.5, 0.6) is 5.75 Å². The third-order valence-electron chi connectivity index (χ3n) is 3.96. The van der Waals surface area contributed by atoms with Crippen LogP contribution in [0.1, 0.15) is 0 Å². The number of amides is 1. The molecule has 2 aromatic carbocycles. The van der Waals surface area contributed by atoms with E-state index < -0.39 is 15.9 Å². The van der Waals surface area contributed by atoms with Crippen molar-refractivity contribution >= 4 is 44.8 Å². The molecule has 0 spiro atoms. The first kappa shape index (κ1) is 20.9. The molecule has 7 nitrogen and oxygen atoms in total. The Morgan fingerprint density at radius 3 is 2.54 bits per heavy atom. The number of carbonyl (C=O) groups is 1. The zero-order valence-corrected chi connectivity index (χ0v) is 17.1. The summed E-state index contributed by atoms with van der Waals surface area (Å²) < 4.78 is 37.9. The number of sulfonamides is 1. The van der Waals surface area contributed by atoms with Crippen LogP contribution in [0.25, 0.3) is 0 Å². The molecule has 1 heterocycles. The average molecular weight is 445 g/mol. The van der Waals surface area contributed by atoms with Gasteiger partial charge in [0.15, 0.2) is 6.61 Å². The van der Waals surface area contributed by atoms with Gasteiger partial charge in [0.05, 0.1) is 13.2 Å². The van der Waals surface area contributed by atoms with Crippen LogP contribution in [0, 0.1) is 0 Å². The number of rotatable bonds is 6. The Morgan fingerprint density at radius 2 is 1.82 bits per heavy atom. The van der Waals surface area contributed by atoms with Crippen LogP contribution in [-0.2, 0) is 19.6 Å². The van der Waals surface area contributed by atoms with Crippen molar-refractivity contribution in [3.05, 3.63) is 52.5 Å². The summed E-state index contributed by atoms with van der Waals surface area (Å²) in [5.74, 6) is -0.399. The predicted octanol–water partition coefficient (Wildman–Crippen LogP) is 3.03. The summed E-state index contributed by atoms with van der Waals surface area (Å²) in [7, 11) is -3.83. The summed E-state index contributed by atoms with van der Waals surface area (Å²) in [6.07, 6.45) is 0. The minimum absolute atomic E-state index is 0.0529. The van der Waals surface area contributed by atoms with Gasteiger partial charge in [-0.3, -0.25) is 4.79 Å². The largest absolute Gasteiger partial charge is 0.482 e. The second-order valence-corrected chi connectivity index (χ2v) is 8.73. The van der Waals surface area contributed by atoms with Gasteiger partial charge in [-0.25, -0.2) is 8.42 Å². The smallest absolute Gasteiger partial charge is 0.262 e. The molecule has 10 heteroatoms. The Morgan fingerprint density at radius 1 is 1.11 bits per heavy atom. The number of halogens is 2. The van der Waals surface area contributed by atoms with Crippen molar-refractivity contribution in [1.29, 1.82) is 0 Å². The second-order valence-electron chi connectivity index (χ2n) is 5.95. The summed E-state index contributed by atoms with van der Waals surface area (Å²) in [5.41, 5.74) is 0.512. The molecular weight excluding hydrogens is 427 g/mol. The lowest BCUT2D eigenvalue weighted by atomic mass is 10.3. The van der Waals surface area contributed by atoms with Gasteiger partial charge in [0.25, 0.3) is 5.91 Å². The molecule has 0 unspecified atom stereocenters. The van der Waals surface area contributed by atoms with Gasteiger partial charge in [-0.2, -0.15) is 4.31 Å². The number of nitrogens with zero attached hydrogens (tertiary/aromatic N) is 1. The van der Waals surface area contributed by atoms with E-state index in [-0.39, 0.29) is 35.4 Å². The number of benzene rings is 2. The first-order chi connectivity index (χ1) is 13.4. The highest BCUT2D eigenvalue weighted by Crippen LogP contribution is 2.30. The Balaban J connectivity index is 1.74. The van der Waals surface area contributed by atoms with Gasteiger partial charge in [-0.1, -0.05) is 29.3 Å². The maximum atomic E-state index is 12.9. The molecule has 0 saturated carbocycles. The van der Waals surface area contributed by atoms with Gasteiger partial charge in [0.2, 0.25) is 10.0 Å². The minimum Gasteiger partial charge on any atom is -0.482 e. The zero-order valence-electron chi connectivity index (χ0n) is 14.7. The number of nitrogens with one attached hydrogen (secondary N) is 1. The van der Waals surface area contributed by atoms with Gasteiger partial charge in [0.1, 0.15) is 10.6 Å². The third-order valence-corrected chi connectivity index (χ3v) is 6.35. The lowest BCUT2D eigenvalue weighted by Gasteiger charge is -2.26. The van der Waals surface area contributed by atoms with E-state index in [9.17, 15) is 13.2 Å². The van der Waals surface area contributed by atoms with Gasteiger partial charge >= 0.3 is 0 Å².